The molecule has 126 valence electrons. The topological polar surface area (TPSA) is 87.1 Å². The molecule has 1 aromatic heterocycles. The van der Waals surface area contributed by atoms with Crippen LogP contribution >= 0.6 is 11.6 Å². The number of allylic oxidation sites excluding steroid dienone is 1. The summed E-state index contributed by atoms with van der Waals surface area (Å²) in [5.41, 5.74) is 2.04. The van der Waals surface area contributed by atoms with Crippen LogP contribution in [-0.4, -0.2) is 21.0 Å². The molecule has 1 amide bonds. The van der Waals surface area contributed by atoms with E-state index in [1.807, 2.05) is 0 Å². The van der Waals surface area contributed by atoms with E-state index in [1.165, 1.54) is 18.5 Å². The van der Waals surface area contributed by atoms with E-state index >= 15 is 0 Å². The molecule has 3 aromatic rings. The van der Waals surface area contributed by atoms with E-state index in [0.717, 1.165) is 10.9 Å². The Morgan fingerprint density at radius 1 is 1.16 bits per heavy atom. The zero-order valence-corrected chi connectivity index (χ0v) is 14.1. The number of benzene rings is 2. The molecule has 0 aliphatic rings. The lowest BCUT2D eigenvalue weighted by Gasteiger charge is -2.10. The minimum absolute atomic E-state index is 0.00809. The largest absolute Gasteiger partial charge is 0.506 e. The molecule has 3 N–H and O–H groups in total. The second kappa shape index (κ2) is 7.19. The second-order valence-corrected chi connectivity index (χ2v) is 5.64. The third-order valence-electron chi connectivity index (χ3n) is 3.43. The van der Waals surface area contributed by atoms with Gasteiger partial charge in [-0.05, 0) is 49.4 Å². The maximum atomic E-state index is 11.7. The highest BCUT2D eigenvalue weighted by molar-refractivity contribution is 6.32. The average Bonchev–Trinajstić information content (AvgIpc) is 2.59. The molecule has 1 heterocycles. The Morgan fingerprint density at radius 3 is 2.72 bits per heavy atom. The lowest BCUT2D eigenvalue weighted by Crippen LogP contribution is -2.07. The first-order valence-electron chi connectivity index (χ1n) is 7.51. The standard InChI is InChI=1S/C18H15ClN4O2/c1-2-3-17(25)22-11-4-6-15-13(8-11)18(21-10-20-15)23-12-5-7-16(24)14(19)9-12/h2-10,24H,1H3,(H,22,25)(H,20,21,23)/b3-2+. The fourth-order valence-electron chi connectivity index (χ4n) is 2.29. The summed E-state index contributed by atoms with van der Waals surface area (Å²) in [6.45, 7) is 1.78. The van der Waals surface area contributed by atoms with Gasteiger partial charge < -0.3 is 15.7 Å². The number of halogens is 1. The minimum atomic E-state index is -0.210. The van der Waals surface area contributed by atoms with Crippen molar-refractivity contribution >= 4 is 45.6 Å². The van der Waals surface area contributed by atoms with Gasteiger partial charge in [-0.1, -0.05) is 17.7 Å². The van der Waals surface area contributed by atoms with Crippen molar-refractivity contribution < 1.29 is 9.90 Å². The van der Waals surface area contributed by atoms with E-state index in [-0.39, 0.29) is 16.7 Å². The van der Waals surface area contributed by atoms with Crippen molar-refractivity contribution in [1.82, 2.24) is 9.97 Å². The Morgan fingerprint density at radius 2 is 1.96 bits per heavy atom. The van der Waals surface area contributed by atoms with Crippen molar-refractivity contribution in [2.75, 3.05) is 10.6 Å². The first-order valence-corrected chi connectivity index (χ1v) is 7.88. The van der Waals surface area contributed by atoms with Gasteiger partial charge in [-0.15, -0.1) is 0 Å². The highest BCUT2D eigenvalue weighted by Crippen LogP contribution is 2.30. The fraction of sp³-hybridized carbons (Fsp3) is 0.0556. The number of aromatic nitrogens is 2. The molecule has 0 aliphatic carbocycles. The lowest BCUT2D eigenvalue weighted by atomic mass is 10.2. The monoisotopic (exact) mass is 354 g/mol. The Bertz CT molecular complexity index is 972. The van der Waals surface area contributed by atoms with Crippen molar-refractivity contribution in [2.45, 2.75) is 6.92 Å². The predicted molar refractivity (Wildman–Crippen MR) is 99.4 cm³/mol. The van der Waals surface area contributed by atoms with E-state index in [9.17, 15) is 9.90 Å². The van der Waals surface area contributed by atoms with Gasteiger partial charge >= 0.3 is 0 Å². The first-order chi connectivity index (χ1) is 12.1. The number of nitrogens with one attached hydrogen (secondary N) is 2. The summed E-state index contributed by atoms with van der Waals surface area (Å²) in [4.78, 5) is 20.2. The number of carbonyl (C=O) groups is 1. The first kappa shape index (κ1) is 16.7. The van der Waals surface area contributed by atoms with Crippen molar-refractivity contribution in [3.8, 4) is 5.75 Å². The molecular weight excluding hydrogens is 340 g/mol. The number of fused-ring (bicyclic) bond motifs is 1. The number of aromatic hydroxyl groups is 1. The number of hydrogen-bond acceptors (Lipinski definition) is 5. The third kappa shape index (κ3) is 3.87. The SMILES string of the molecule is C/C=C/C(=O)Nc1ccc2ncnc(Nc3ccc(O)c(Cl)c3)c2c1. The van der Waals surface area contributed by atoms with Crippen LogP contribution in [0, 0.1) is 0 Å². The molecule has 0 saturated carbocycles. The number of rotatable bonds is 4. The molecule has 0 saturated heterocycles. The predicted octanol–water partition coefficient (Wildman–Crippen LogP) is 4.25. The van der Waals surface area contributed by atoms with Gasteiger partial charge in [0.2, 0.25) is 5.91 Å². The zero-order valence-electron chi connectivity index (χ0n) is 13.3. The van der Waals surface area contributed by atoms with Crippen molar-refractivity contribution in [3.05, 3.63) is 59.9 Å². The summed E-state index contributed by atoms with van der Waals surface area (Å²) in [5, 5.41) is 16.4. The number of phenols is 1. The van der Waals surface area contributed by atoms with Crippen LogP contribution in [0.3, 0.4) is 0 Å². The number of carbonyl (C=O) groups excluding carboxylic acids is 1. The van der Waals surface area contributed by atoms with Gasteiger partial charge in [0.1, 0.15) is 17.9 Å². The van der Waals surface area contributed by atoms with Gasteiger partial charge in [0.15, 0.2) is 0 Å². The molecule has 0 radical (unpaired) electrons. The minimum Gasteiger partial charge on any atom is -0.506 e. The highest BCUT2D eigenvalue weighted by Gasteiger charge is 2.08. The quantitative estimate of drug-likeness (QED) is 0.481. The summed E-state index contributed by atoms with van der Waals surface area (Å²) in [7, 11) is 0. The van der Waals surface area contributed by atoms with Crippen LogP contribution in [0.25, 0.3) is 10.9 Å². The number of phenolic OH excluding ortho intramolecular Hbond substituents is 1. The summed E-state index contributed by atoms with van der Waals surface area (Å²) in [5.74, 6) is 0.362. The average molecular weight is 355 g/mol. The zero-order chi connectivity index (χ0) is 17.8. The maximum absolute atomic E-state index is 11.7. The van der Waals surface area contributed by atoms with Crippen LogP contribution in [0.2, 0.25) is 5.02 Å². The van der Waals surface area contributed by atoms with Gasteiger partial charge in [0.25, 0.3) is 0 Å². The van der Waals surface area contributed by atoms with Gasteiger partial charge in [-0.25, -0.2) is 9.97 Å². The van der Waals surface area contributed by atoms with Crippen molar-refractivity contribution in [3.63, 3.8) is 0 Å². The summed E-state index contributed by atoms with van der Waals surface area (Å²) < 4.78 is 0. The lowest BCUT2D eigenvalue weighted by molar-refractivity contribution is -0.111. The normalized spacial score (nSPS) is 11.0. The van der Waals surface area contributed by atoms with Crippen molar-refractivity contribution in [2.24, 2.45) is 0 Å². The number of nitrogens with zero attached hydrogens (tertiary/aromatic N) is 2. The molecule has 0 atom stereocenters. The molecule has 3 rings (SSSR count). The molecule has 0 spiro atoms. The van der Waals surface area contributed by atoms with Crippen LogP contribution < -0.4 is 10.6 Å². The second-order valence-electron chi connectivity index (χ2n) is 5.23. The Hall–Kier alpha value is -3.12. The maximum Gasteiger partial charge on any atom is 0.248 e. The molecule has 7 heteroatoms. The molecule has 0 unspecified atom stereocenters. The summed E-state index contributed by atoms with van der Waals surface area (Å²) in [6.07, 6.45) is 4.56. The molecule has 2 aromatic carbocycles. The Kier molecular flexibility index (Phi) is 4.81. The number of amides is 1. The van der Waals surface area contributed by atoms with E-state index in [0.29, 0.717) is 17.2 Å². The Balaban J connectivity index is 1.96. The van der Waals surface area contributed by atoms with Crippen LogP contribution in [-0.2, 0) is 4.79 Å². The molecule has 6 nitrogen and oxygen atoms in total. The van der Waals surface area contributed by atoms with Gasteiger partial charge in [0, 0.05) is 16.8 Å². The Labute approximate surface area is 149 Å². The van der Waals surface area contributed by atoms with Gasteiger partial charge in [0.05, 0.1) is 10.5 Å². The molecular formula is C18H15ClN4O2. The third-order valence-corrected chi connectivity index (χ3v) is 3.73. The van der Waals surface area contributed by atoms with Crippen LogP contribution in [0.4, 0.5) is 17.2 Å². The van der Waals surface area contributed by atoms with Crippen LogP contribution in [0.1, 0.15) is 6.92 Å². The van der Waals surface area contributed by atoms with E-state index in [4.69, 9.17) is 11.6 Å². The number of hydrogen-bond donors (Lipinski definition) is 3. The van der Waals surface area contributed by atoms with Crippen LogP contribution in [0.15, 0.2) is 54.9 Å². The highest BCUT2D eigenvalue weighted by atomic mass is 35.5. The van der Waals surface area contributed by atoms with Gasteiger partial charge in [-0.3, -0.25) is 4.79 Å². The van der Waals surface area contributed by atoms with E-state index in [1.54, 1.807) is 43.3 Å². The summed E-state index contributed by atoms with van der Waals surface area (Å²) >= 11 is 5.93. The van der Waals surface area contributed by atoms with Crippen molar-refractivity contribution in [1.29, 1.82) is 0 Å². The van der Waals surface area contributed by atoms with E-state index in [2.05, 4.69) is 20.6 Å². The number of anilines is 3. The fourth-order valence-corrected chi connectivity index (χ4v) is 2.47. The molecule has 0 aliphatic heterocycles. The molecule has 0 bridgehead atoms. The van der Waals surface area contributed by atoms with E-state index < -0.39 is 0 Å². The smallest absolute Gasteiger partial charge is 0.248 e. The van der Waals surface area contributed by atoms with Gasteiger partial charge in [-0.2, -0.15) is 0 Å². The van der Waals surface area contributed by atoms with Crippen LogP contribution in [0.5, 0.6) is 5.75 Å². The molecule has 0 fully saturated rings. The summed E-state index contributed by atoms with van der Waals surface area (Å²) in [6, 6.07) is 10.2. The molecule has 25 heavy (non-hydrogen) atoms.